The van der Waals surface area contributed by atoms with Gasteiger partial charge in [-0.25, -0.2) is 0 Å². The first-order chi connectivity index (χ1) is 17.0. The van der Waals surface area contributed by atoms with Gasteiger partial charge in [0.25, 0.3) is 5.91 Å². The van der Waals surface area contributed by atoms with Gasteiger partial charge >= 0.3 is 0 Å². The Morgan fingerprint density at radius 1 is 1.03 bits per heavy atom. The summed E-state index contributed by atoms with van der Waals surface area (Å²) in [5.41, 5.74) is 3.19. The highest BCUT2D eigenvalue weighted by Gasteiger charge is 2.24. The SMILES string of the molecule is COc1cc(-c2scc(C(=O)N[C@@H](CO)Cc3c[nH]c4ccccc34)c2OC)cc(OC)c1OC. The number of fused-ring (bicyclic) bond motifs is 1. The highest BCUT2D eigenvalue weighted by molar-refractivity contribution is 7.14. The Labute approximate surface area is 207 Å². The lowest BCUT2D eigenvalue weighted by Gasteiger charge is -2.17. The number of carbonyl (C=O) groups is 1. The van der Waals surface area contributed by atoms with Crippen LogP contribution in [0.2, 0.25) is 0 Å². The number of para-hydroxylation sites is 1. The van der Waals surface area contributed by atoms with Gasteiger partial charge in [-0.15, -0.1) is 11.3 Å². The molecule has 0 aliphatic heterocycles. The highest BCUT2D eigenvalue weighted by Crippen LogP contribution is 2.46. The fourth-order valence-electron chi connectivity index (χ4n) is 4.11. The predicted octanol–water partition coefficient (Wildman–Crippen LogP) is 4.26. The maximum absolute atomic E-state index is 13.2. The summed E-state index contributed by atoms with van der Waals surface area (Å²) < 4.78 is 22.0. The van der Waals surface area contributed by atoms with Gasteiger partial charge < -0.3 is 34.4 Å². The van der Waals surface area contributed by atoms with E-state index in [0.717, 1.165) is 26.9 Å². The van der Waals surface area contributed by atoms with Crippen molar-refractivity contribution >= 4 is 28.1 Å². The van der Waals surface area contributed by atoms with E-state index in [1.807, 2.05) is 42.6 Å². The van der Waals surface area contributed by atoms with Crippen LogP contribution in [0.5, 0.6) is 23.0 Å². The molecule has 0 unspecified atom stereocenters. The van der Waals surface area contributed by atoms with E-state index in [-0.39, 0.29) is 12.5 Å². The van der Waals surface area contributed by atoms with Gasteiger partial charge in [0, 0.05) is 28.0 Å². The van der Waals surface area contributed by atoms with Crippen LogP contribution < -0.4 is 24.3 Å². The summed E-state index contributed by atoms with van der Waals surface area (Å²) in [6.45, 7) is -0.197. The molecule has 3 N–H and O–H groups in total. The van der Waals surface area contributed by atoms with Crippen LogP contribution in [-0.4, -0.2) is 57.1 Å². The van der Waals surface area contributed by atoms with Crippen molar-refractivity contribution in [1.82, 2.24) is 10.3 Å². The van der Waals surface area contributed by atoms with Crippen molar-refractivity contribution in [1.29, 1.82) is 0 Å². The molecule has 9 heteroatoms. The topological polar surface area (TPSA) is 102 Å². The van der Waals surface area contributed by atoms with Crippen LogP contribution >= 0.6 is 11.3 Å². The number of hydrogen-bond donors (Lipinski definition) is 3. The van der Waals surface area contributed by atoms with Crippen LogP contribution in [0.25, 0.3) is 21.3 Å². The second-order valence-electron chi connectivity index (χ2n) is 7.84. The van der Waals surface area contributed by atoms with E-state index in [1.54, 1.807) is 26.7 Å². The van der Waals surface area contributed by atoms with Gasteiger partial charge in [-0.05, 0) is 30.2 Å². The summed E-state index contributed by atoms with van der Waals surface area (Å²) in [7, 11) is 6.17. The number of thiophene rings is 1. The summed E-state index contributed by atoms with van der Waals surface area (Å²) in [6, 6.07) is 11.1. The number of benzene rings is 2. The van der Waals surface area contributed by atoms with E-state index in [4.69, 9.17) is 18.9 Å². The van der Waals surface area contributed by atoms with Gasteiger partial charge in [-0.2, -0.15) is 0 Å². The molecular weight excluding hydrogens is 468 g/mol. The number of hydrogen-bond acceptors (Lipinski definition) is 7. The smallest absolute Gasteiger partial charge is 0.256 e. The molecule has 0 bridgehead atoms. The lowest BCUT2D eigenvalue weighted by molar-refractivity contribution is 0.0914. The zero-order valence-corrected chi connectivity index (χ0v) is 20.8. The van der Waals surface area contributed by atoms with Gasteiger partial charge in [0.2, 0.25) is 5.75 Å². The molecule has 4 aromatic rings. The number of rotatable bonds is 10. The first-order valence-corrected chi connectivity index (χ1v) is 11.8. The molecule has 0 aliphatic rings. The third-order valence-corrected chi connectivity index (χ3v) is 6.83. The van der Waals surface area contributed by atoms with Crippen LogP contribution in [-0.2, 0) is 6.42 Å². The minimum Gasteiger partial charge on any atom is -0.494 e. The number of ether oxygens (including phenoxy) is 4. The van der Waals surface area contributed by atoms with Crippen molar-refractivity contribution < 1.29 is 28.8 Å². The summed E-state index contributed by atoms with van der Waals surface area (Å²) in [6.07, 6.45) is 2.39. The van der Waals surface area contributed by atoms with E-state index in [2.05, 4.69) is 10.3 Å². The molecule has 8 nitrogen and oxygen atoms in total. The van der Waals surface area contributed by atoms with Crippen molar-refractivity contribution in [2.75, 3.05) is 35.0 Å². The van der Waals surface area contributed by atoms with Gasteiger partial charge in [-0.3, -0.25) is 4.79 Å². The molecule has 0 radical (unpaired) electrons. The van der Waals surface area contributed by atoms with E-state index < -0.39 is 6.04 Å². The number of carbonyl (C=O) groups excluding carboxylic acids is 1. The van der Waals surface area contributed by atoms with Crippen LogP contribution in [0.1, 0.15) is 15.9 Å². The fourth-order valence-corrected chi connectivity index (χ4v) is 5.11. The normalized spacial score (nSPS) is 11.8. The van der Waals surface area contributed by atoms with E-state index in [9.17, 15) is 9.90 Å². The summed E-state index contributed by atoms with van der Waals surface area (Å²) in [5, 5.41) is 15.7. The standard InChI is InChI=1S/C26H28N2O6S/c1-31-21-10-15(11-22(32-2)24(21)34-4)25-23(33-3)19(14-35-25)26(30)28-17(13-29)9-16-12-27-20-8-6-5-7-18(16)20/h5-8,10-12,14,17,27,29H,9,13H2,1-4H3,(H,28,30)/t17-/m1/s1. The van der Waals surface area contributed by atoms with Crippen LogP contribution in [0.15, 0.2) is 48.0 Å². The molecule has 4 rings (SSSR count). The first-order valence-electron chi connectivity index (χ1n) is 11.0. The number of H-pyrrole nitrogens is 1. The van der Waals surface area contributed by atoms with Crippen molar-refractivity contribution in [3.05, 3.63) is 59.1 Å². The molecule has 184 valence electrons. The molecule has 0 fully saturated rings. The van der Waals surface area contributed by atoms with Gasteiger partial charge in [0.15, 0.2) is 11.5 Å². The molecule has 0 saturated carbocycles. The minimum absolute atomic E-state index is 0.197. The summed E-state index contributed by atoms with van der Waals surface area (Å²) in [5.74, 6) is 1.60. The van der Waals surface area contributed by atoms with Gasteiger partial charge in [-0.1, -0.05) is 18.2 Å². The zero-order valence-electron chi connectivity index (χ0n) is 20.0. The van der Waals surface area contributed by atoms with Crippen LogP contribution in [0.4, 0.5) is 0 Å². The third kappa shape index (κ3) is 4.78. The number of aromatic nitrogens is 1. The molecule has 2 aromatic carbocycles. The molecule has 0 aliphatic carbocycles. The minimum atomic E-state index is -0.462. The van der Waals surface area contributed by atoms with Crippen LogP contribution in [0.3, 0.4) is 0 Å². The maximum Gasteiger partial charge on any atom is 0.256 e. The van der Waals surface area contributed by atoms with Gasteiger partial charge in [0.1, 0.15) is 5.75 Å². The average Bonchev–Trinajstić information content (AvgIpc) is 3.51. The van der Waals surface area contributed by atoms with Crippen molar-refractivity contribution in [3.63, 3.8) is 0 Å². The largest absolute Gasteiger partial charge is 0.494 e. The van der Waals surface area contributed by atoms with E-state index in [0.29, 0.717) is 35.0 Å². The number of methoxy groups -OCH3 is 4. The third-order valence-electron chi connectivity index (χ3n) is 5.82. The van der Waals surface area contributed by atoms with Crippen molar-refractivity contribution in [2.45, 2.75) is 12.5 Å². The second kappa shape index (κ2) is 10.7. The highest BCUT2D eigenvalue weighted by atomic mass is 32.1. The van der Waals surface area contributed by atoms with Gasteiger partial charge in [0.05, 0.1) is 51.5 Å². The molecule has 1 amide bonds. The lowest BCUT2D eigenvalue weighted by Crippen LogP contribution is -2.39. The molecule has 2 heterocycles. The number of nitrogens with one attached hydrogen (secondary N) is 2. The molecular formula is C26H28N2O6S. The Kier molecular flexibility index (Phi) is 7.48. The Morgan fingerprint density at radius 2 is 1.71 bits per heavy atom. The maximum atomic E-state index is 13.2. The Morgan fingerprint density at radius 3 is 2.34 bits per heavy atom. The van der Waals surface area contributed by atoms with Crippen LogP contribution in [0, 0.1) is 0 Å². The Bertz CT molecular complexity index is 1300. The predicted molar refractivity (Wildman–Crippen MR) is 136 cm³/mol. The number of aromatic amines is 1. The molecule has 2 aromatic heterocycles. The lowest BCUT2D eigenvalue weighted by atomic mass is 10.0. The summed E-state index contributed by atoms with van der Waals surface area (Å²) >= 11 is 1.37. The fraction of sp³-hybridized carbons (Fsp3) is 0.269. The van der Waals surface area contributed by atoms with Crippen molar-refractivity contribution in [3.8, 4) is 33.4 Å². The molecule has 0 spiro atoms. The summed E-state index contributed by atoms with van der Waals surface area (Å²) in [4.78, 5) is 17.2. The first kappa shape index (κ1) is 24.4. The van der Waals surface area contributed by atoms with E-state index in [1.165, 1.54) is 18.4 Å². The number of amides is 1. The molecule has 0 saturated heterocycles. The van der Waals surface area contributed by atoms with Crippen molar-refractivity contribution in [2.24, 2.45) is 0 Å². The zero-order chi connectivity index (χ0) is 24.9. The Balaban J connectivity index is 1.60. The second-order valence-corrected chi connectivity index (χ2v) is 8.72. The molecule has 35 heavy (non-hydrogen) atoms. The number of aliphatic hydroxyl groups excluding tert-OH is 1. The monoisotopic (exact) mass is 496 g/mol. The van der Waals surface area contributed by atoms with E-state index >= 15 is 0 Å². The molecule has 1 atom stereocenters. The average molecular weight is 497 g/mol. The number of aliphatic hydroxyl groups is 1. The Hall–Kier alpha value is -3.69. The quantitative estimate of drug-likeness (QED) is 0.303.